The summed E-state index contributed by atoms with van der Waals surface area (Å²) in [6.07, 6.45) is -4.21. The van der Waals surface area contributed by atoms with Crippen LogP contribution in [0.4, 0.5) is 22.0 Å². The molecule has 2 aromatic carbocycles. The number of ether oxygens (including phenoxy) is 1. The van der Waals surface area contributed by atoms with Gasteiger partial charge in [0.1, 0.15) is 28.6 Å². The number of carbonyl (C=O) groups is 1. The van der Waals surface area contributed by atoms with Gasteiger partial charge in [0, 0.05) is 18.7 Å². The maximum absolute atomic E-state index is 14.9. The Kier molecular flexibility index (Phi) is 6.28. The molecule has 0 N–H and O–H groups in total. The van der Waals surface area contributed by atoms with Gasteiger partial charge in [0.25, 0.3) is 5.91 Å². The number of hydrogen-bond acceptors (Lipinski definition) is 5. The first-order chi connectivity index (χ1) is 17.7. The first kappa shape index (κ1) is 24.6. The zero-order valence-electron chi connectivity index (χ0n) is 19.4. The lowest BCUT2D eigenvalue weighted by Crippen LogP contribution is -2.41. The largest absolute Gasteiger partial charge is 0.434 e. The Balaban J connectivity index is 1.77. The highest BCUT2D eigenvalue weighted by atomic mass is 19.4. The molecule has 192 valence electrons. The Hall–Kier alpha value is -4.06. The summed E-state index contributed by atoms with van der Waals surface area (Å²) in [7, 11) is 0. The monoisotopic (exact) mass is 518 g/mol. The third-order valence-corrected chi connectivity index (χ3v) is 6.03. The van der Waals surface area contributed by atoms with Gasteiger partial charge in [-0.3, -0.25) is 4.79 Å². The van der Waals surface area contributed by atoms with Gasteiger partial charge in [-0.15, -0.1) is 0 Å². The summed E-state index contributed by atoms with van der Waals surface area (Å²) in [5, 5.41) is 7.62. The molecular formula is C25H19F5N4O3. The minimum atomic E-state index is -5.03. The molecule has 0 saturated carbocycles. The number of alkyl halides is 3. The van der Waals surface area contributed by atoms with E-state index < -0.39 is 46.4 Å². The lowest BCUT2D eigenvalue weighted by atomic mass is 9.97. The van der Waals surface area contributed by atoms with E-state index in [0.29, 0.717) is 10.2 Å². The lowest BCUT2D eigenvalue weighted by molar-refractivity contribution is -0.142. The molecule has 4 aromatic rings. The van der Waals surface area contributed by atoms with Crippen LogP contribution >= 0.6 is 0 Å². The summed E-state index contributed by atoms with van der Waals surface area (Å²) < 4.78 is 83.5. The summed E-state index contributed by atoms with van der Waals surface area (Å²) >= 11 is 0. The van der Waals surface area contributed by atoms with Gasteiger partial charge in [-0.05, 0) is 30.7 Å². The van der Waals surface area contributed by atoms with Crippen molar-refractivity contribution in [2.45, 2.75) is 13.1 Å². The maximum Gasteiger partial charge on any atom is 0.434 e. The number of amides is 1. The molecule has 1 aliphatic heterocycles. The van der Waals surface area contributed by atoms with Crippen molar-refractivity contribution in [3.05, 3.63) is 77.1 Å². The number of para-hydroxylation sites is 1. The summed E-state index contributed by atoms with van der Waals surface area (Å²) in [5.41, 5.74) is -2.74. The Bertz CT molecular complexity index is 1450. The normalized spacial score (nSPS) is 14.3. The van der Waals surface area contributed by atoms with Gasteiger partial charge in [0.2, 0.25) is 0 Å². The molecule has 1 aliphatic rings. The van der Waals surface area contributed by atoms with Crippen LogP contribution in [0.1, 0.15) is 21.6 Å². The van der Waals surface area contributed by atoms with E-state index in [2.05, 4.69) is 10.3 Å². The number of hydrogen-bond donors (Lipinski definition) is 0. The Morgan fingerprint density at radius 1 is 1.00 bits per heavy atom. The number of carbonyl (C=O) groups excluding carboxylic acids is 1. The highest BCUT2D eigenvalue weighted by Gasteiger charge is 2.43. The van der Waals surface area contributed by atoms with Gasteiger partial charge >= 0.3 is 6.18 Å². The van der Waals surface area contributed by atoms with Crippen molar-refractivity contribution in [1.82, 2.24) is 19.8 Å². The Labute approximate surface area is 207 Å². The molecule has 0 radical (unpaired) electrons. The molecule has 5 rings (SSSR count). The van der Waals surface area contributed by atoms with Crippen molar-refractivity contribution in [3.63, 3.8) is 0 Å². The van der Waals surface area contributed by atoms with Crippen LogP contribution in [0.3, 0.4) is 0 Å². The fourth-order valence-electron chi connectivity index (χ4n) is 4.29. The summed E-state index contributed by atoms with van der Waals surface area (Å²) in [6.45, 7) is 2.35. The standard InChI is InChI=1S/C25H19F5N4O3/c1-14-5-4-7-17(27)19(14)21-20(24(35)33-9-11-36-12-10-33)22(37-32-21)15-13-31-34(23(15)25(28,29)30)18-8-3-2-6-16(18)26/h2-8,13H,9-12H2,1H3. The molecule has 0 aliphatic carbocycles. The highest BCUT2D eigenvalue weighted by Crippen LogP contribution is 2.43. The molecular weight excluding hydrogens is 499 g/mol. The number of rotatable bonds is 4. The molecule has 12 heteroatoms. The van der Waals surface area contributed by atoms with Crippen LogP contribution in [-0.4, -0.2) is 52.0 Å². The van der Waals surface area contributed by atoms with Crippen molar-refractivity contribution < 1.29 is 36.0 Å². The summed E-state index contributed by atoms with van der Waals surface area (Å²) in [5.74, 6) is -2.92. The van der Waals surface area contributed by atoms with Crippen molar-refractivity contribution >= 4 is 5.91 Å². The molecule has 1 amide bonds. The molecule has 3 heterocycles. The minimum absolute atomic E-state index is 0.0795. The molecule has 1 fully saturated rings. The minimum Gasteiger partial charge on any atom is -0.378 e. The van der Waals surface area contributed by atoms with E-state index in [1.54, 1.807) is 13.0 Å². The predicted molar refractivity (Wildman–Crippen MR) is 121 cm³/mol. The molecule has 1 saturated heterocycles. The van der Waals surface area contributed by atoms with E-state index in [1.807, 2.05) is 0 Å². The van der Waals surface area contributed by atoms with Crippen LogP contribution in [0.5, 0.6) is 0 Å². The van der Waals surface area contributed by atoms with Gasteiger partial charge < -0.3 is 14.2 Å². The number of aryl methyl sites for hydroxylation is 1. The molecule has 0 spiro atoms. The van der Waals surface area contributed by atoms with Crippen LogP contribution in [0, 0.1) is 18.6 Å². The van der Waals surface area contributed by atoms with Crippen molar-refractivity contribution in [1.29, 1.82) is 0 Å². The average Bonchev–Trinajstić information content (AvgIpc) is 3.49. The predicted octanol–water partition coefficient (Wildman–Crippen LogP) is 5.27. The first-order valence-corrected chi connectivity index (χ1v) is 11.2. The Morgan fingerprint density at radius 3 is 2.38 bits per heavy atom. The molecule has 37 heavy (non-hydrogen) atoms. The first-order valence-electron chi connectivity index (χ1n) is 11.2. The molecule has 2 aromatic heterocycles. The van der Waals surface area contributed by atoms with Crippen LogP contribution in [0.2, 0.25) is 0 Å². The number of benzene rings is 2. The van der Waals surface area contributed by atoms with E-state index in [9.17, 15) is 26.7 Å². The maximum atomic E-state index is 14.9. The van der Waals surface area contributed by atoms with Gasteiger partial charge in [-0.2, -0.15) is 18.3 Å². The molecule has 7 nitrogen and oxygen atoms in total. The van der Waals surface area contributed by atoms with E-state index in [0.717, 1.165) is 24.4 Å². The van der Waals surface area contributed by atoms with Crippen molar-refractivity contribution in [2.75, 3.05) is 26.3 Å². The summed E-state index contributed by atoms with van der Waals surface area (Å²) in [4.78, 5) is 15.0. The summed E-state index contributed by atoms with van der Waals surface area (Å²) in [6, 6.07) is 9.01. The van der Waals surface area contributed by atoms with Gasteiger partial charge in [-0.1, -0.05) is 29.4 Å². The highest BCUT2D eigenvalue weighted by molar-refractivity contribution is 6.05. The van der Waals surface area contributed by atoms with Crippen LogP contribution < -0.4 is 0 Å². The Morgan fingerprint density at radius 2 is 1.70 bits per heavy atom. The van der Waals surface area contributed by atoms with Gasteiger partial charge in [-0.25, -0.2) is 13.5 Å². The fourth-order valence-corrected chi connectivity index (χ4v) is 4.29. The third kappa shape index (κ3) is 4.37. The van der Waals surface area contributed by atoms with Crippen LogP contribution in [-0.2, 0) is 10.9 Å². The third-order valence-electron chi connectivity index (χ3n) is 6.03. The van der Waals surface area contributed by atoms with Crippen LogP contribution in [0.15, 0.2) is 53.2 Å². The second kappa shape index (κ2) is 9.43. The van der Waals surface area contributed by atoms with E-state index in [1.165, 1.54) is 23.1 Å². The fraction of sp³-hybridized carbons (Fsp3) is 0.240. The SMILES string of the molecule is Cc1cccc(F)c1-c1noc(-c2cnn(-c3ccccc3F)c2C(F)(F)F)c1C(=O)N1CCOCC1. The van der Waals surface area contributed by atoms with Crippen molar-refractivity contribution in [2.24, 2.45) is 0 Å². The number of nitrogens with zero attached hydrogens (tertiary/aromatic N) is 4. The van der Waals surface area contributed by atoms with E-state index in [-0.39, 0.29) is 43.1 Å². The smallest absolute Gasteiger partial charge is 0.378 e. The van der Waals surface area contributed by atoms with Crippen molar-refractivity contribution in [3.8, 4) is 28.3 Å². The number of morpholine rings is 1. The topological polar surface area (TPSA) is 73.4 Å². The number of halogens is 5. The zero-order chi connectivity index (χ0) is 26.3. The lowest BCUT2D eigenvalue weighted by Gasteiger charge is -2.27. The van der Waals surface area contributed by atoms with Gasteiger partial charge in [0.05, 0.1) is 25.0 Å². The zero-order valence-corrected chi connectivity index (χ0v) is 19.4. The van der Waals surface area contributed by atoms with E-state index in [4.69, 9.17) is 9.26 Å². The molecule has 0 bridgehead atoms. The second-order valence-electron chi connectivity index (χ2n) is 8.34. The van der Waals surface area contributed by atoms with E-state index >= 15 is 0 Å². The molecule has 0 unspecified atom stereocenters. The number of aromatic nitrogens is 3. The second-order valence-corrected chi connectivity index (χ2v) is 8.34. The van der Waals surface area contributed by atoms with Crippen LogP contribution in [0.25, 0.3) is 28.3 Å². The average molecular weight is 518 g/mol. The quantitative estimate of drug-likeness (QED) is 0.344. The van der Waals surface area contributed by atoms with Gasteiger partial charge in [0.15, 0.2) is 11.5 Å². The molecule has 0 atom stereocenters.